The van der Waals surface area contributed by atoms with Gasteiger partial charge >= 0.3 is 0 Å². The zero-order chi connectivity index (χ0) is 25.7. The molecule has 2 aromatic rings. The number of carbonyl (C=O) groups is 2. The van der Waals surface area contributed by atoms with Crippen LogP contribution in [-0.2, 0) is 16.1 Å². The summed E-state index contributed by atoms with van der Waals surface area (Å²) in [6, 6.07) is 9.50. The van der Waals surface area contributed by atoms with Gasteiger partial charge in [-0.2, -0.15) is 0 Å². The third kappa shape index (κ3) is 6.23. The van der Waals surface area contributed by atoms with Gasteiger partial charge in [-0.3, -0.25) is 19.5 Å². The number of anilines is 1. The number of pyridine rings is 1. The van der Waals surface area contributed by atoms with Crippen molar-refractivity contribution in [2.45, 2.75) is 51.8 Å². The molecule has 2 aliphatic rings. The number of ether oxygens (including phenoxy) is 2. The maximum atomic E-state index is 13.5. The molecule has 36 heavy (non-hydrogen) atoms. The van der Waals surface area contributed by atoms with E-state index in [1.54, 1.807) is 31.2 Å². The number of nitrogens with one attached hydrogen (secondary N) is 1. The Morgan fingerprint density at radius 3 is 2.58 bits per heavy atom. The van der Waals surface area contributed by atoms with Gasteiger partial charge < -0.3 is 19.7 Å². The molecule has 1 aromatic heterocycles. The van der Waals surface area contributed by atoms with Crippen LogP contribution in [0.1, 0.15) is 49.0 Å². The Morgan fingerprint density at radius 2 is 1.92 bits per heavy atom. The molecule has 2 amide bonds. The summed E-state index contributed by atoms with van der Waals surface area (Å²) >= 11 is 0. The molecule has 4 rings (SSSR count). The van der Waals surface area contributed by atoms with E-state index in [2.05, 4.69) is 29.0 Å². The van der Waals surface area contributed by atoms with Crippen molar-refractivity contribution in [2.24, 2.45) is 11.8 Å². The minimum atomic E-state index is -0.152. The van der Waals surface area contributed by atoms with E-state index in [0.29, 0.717) is 30.2 Å². The highest BCUT2D eigenvalue weighted by atomic mass is 16.5. The average molecular weight is 495 g/mol. The molecule has 1 saturated carbocycles. The maximum absolute atomic E-state index is 13.5. The average Bonchev–Trinajstić information content (AvgIpc) is 2.84. The molecule has 1 N–H and O–H groups in total. The Kier molecular flexibility index (Phi) is 8.59. The topological polar surface area (TPSA) is 84.0 Å². The fraction of sp³-hybridized carbons (Fsp3) is 0.536. The van der Waals surface area contributed by atoms with Crippen molar-refractivity contribution in [3.63, 3.8) is 0 Å². The Bertz CT molecular complexity index is 1040. The number of aromatic nitrogens is 1. The van der Waals surface area contributed by atoms with Gasteiger partial charge in [-0.1, -0.05) is 13.3 Å². The van der Waals surface area contributed by atoms with Gasteiger partial charge in [-0.25, -0.2) is 0 Å². The van der Waals surface area contributed by atoms with Gasteiger partial charge in [0.15, 0.2) is 0 Å². The molecule has 2 heterocycles. The first-order valence-electron chi connectivity index (χ1n) is 12.8. The Hall–Kier alpha value is -2.97. The third-order valence-electron chi connectivity index (χ3n) is 7.45. The molecule has 1 fully saturated rings. The zero-order valence-electron chi connectivity index (χ0n) is 21.8. The lowest BCUT2D eigenvalue weighted by Crippen LogP contribution is -2.46. The summed E-state index contributed by atoms with van der Waals surface area (Å²) in [7, 11) is 3.49. The van der Waals surface area contributed by atoms with Gasteiger partial charge in [0.25, 0.3) is 5.91 Å². The number of fused-ring (bicyclic) bond motifs is 1. The van der Waals surface area contributed by atoms with Crippen molar-refractivity contribution in [1.82, 2.24) is 14.8 Å². The number of likely N-dealkylation sites (N-methyl/N-ethyl adjacent to an activating group) is 1. The molecule has 1 aliphatic heterocycles. The van der Waals surface area contributed by atoms with Crippen LogP contribution in [0.4, 0.5) is 5.69 Å². The van der Waals surface area contributed by atoms with Gasteiger partial charge in [0.05, 0.1) is 11.7 Å². The smallest absolute Gasteiger partial charge is 0.257 e. The highest BCUT2D eigenvalue weighted by molar-refractivity contribution is 6.00. The first kappa shape index (κ1) is 26.1. The van der Waals surface area contributed by atoms with Gasteiger partial charge in [0.1, 0.15) is 12.4 Å². The highest BCUT2D eigenvalue weighted by Crippen LogP contribution is 2.30. The molecule has 0 radical (unpaired) electrons. The van der Waals surface area contributed by atoms with Gasteiger partial charge in [0.2, 0.25) is 5.91 Å². The van der Waals surface area contributed by atoms with E-state index in [4.69, 9.17) is 9.47 Å². The predicted molar refractivity (Wildman–Crippen MR) is 139 cm³/mol. The van der Waals surface area contributed by atoms with Crippen LogP contribution in [0.5, 0.6) is 5.75 Å². The summed E-state index contributed by atoms with van der Waals surface area (Å²) < 4.78 is 12.1. The highest BCUT2D eigenvalue weighted by Gasteiger charge is 2.29. The van der Waals surface area contributed by atoms with Gasteiger partial charge in [-0.15, -0.1) is 0 Å². The summed E-state index contributed by atoms with van der Waals surface area (Å²) in [4.78, 5) is 34.2. The fourth-order valence-electron chi connectivity index (χ4n) is 4.79. The monoisotopic (exact) mass is 494 g/mol. The zero-order valence-corrected chi connectivity index (χ0v) is 21.8. The Labute approximate surface area is 214 Å². The third-order valence-corrected chi connectivity index (χ3v) is 7.45. The van der Waals surface area contributed by atoms with Crippen LogP contribution in [0.2, 0.25) is 0 Å². The number of carbonyl (C=O) groups excluding carboxylic acids is 2. The first-order chi connectivity index (χ1) is 17.4. The van der Waals surface area contributed by atoms with Crippen LogP contribution in [0.3, 0.4) is 0 Å². The lowest BCUT2D eigenvalue weighted by atomic mass is 9.85. The van der Waals surface area contributed by atoms with E-state index in [-0.39, 0.29) is 35.8 Å². The van der Waals surface area contributed by atoms with Crippen LogP contribution >= 0.6 is 0 Å². The van der Waals surface area contributed by atoms with Crippen molar-refractivity contribution in [2.75, 3.05) is 39.2 Å². The van der Waals surface area contributed by atoms with E-state index < -0.39 is 0 Å². The van der Waals surface area contributed by atoms with Crippen molar-refractivity contribution in [3.8, 4) is 5.75 Å². The van der Waals surface area contributed by atoms with Crippen LogP contribution in [-0.4, -0.2) is 72.6 Å². The van der Waals surface area contributed by atoms with Gasteiger partial charge in [-0.05, 0) is 61.6 Å². The SMILES string of the molecule is CO[C@H]1CN(C)C(=O)c2cc(NC(=O)C3CCC3)ccc2OC[C@@H](C)N(Cc2ccncc2)C[C@H]1C. The molecule has 0 bridgehead atoms. The molecule has 3 atom stereocenters. The van der Waals surface area contributed by atoms with Crippen LogP contribution in [0.25, 0.3) is 0 Å². The number of hydrogen-bond acceptors (Lipinski definition) is 6. The predicted octanol–water partition coefficient (Wildman–Crippen LogP) is 3.83. The maximum Gasteiger partial charge on any atom is 0.257 e. The van der Waals surface area contributed by atoms with E-state index in [0.717, 1.165) is 32.4 Å². The summed E-state index contributed by atoms with van der Waals surface area (Å²) in [6.45, 7) is 6.74. The lowest BCUT2D eigenvalue weighted by molar-refractivity contribution is -0.122. The van der Waals surface area contributed by atoms with E-state index in [1.165, 1.54) is 5.56 Å². The van der Waals surface area contributed by atoms with Crippen molar-refractivity contribution in [1.29, 1.82) is 0 Å². The van der Waals surface area contributed by atoms with Gasteiger partial charge in [0, 0.05) is 63.8 Å². The van der Waals surface area contributed by atoms with Crippen molar-refractivity contribution >= 4 is 17.5 Å². The quantitative estimate of drug-likeness (QED) is 0.680. The number of methoxy groups -OCH3 is 1. The molecule has 0 saturated heterocycles. The summed E-state index contributed by atoms with van der Waals surface area (Å²) in [5.41, 5.74) is 2.25. The summed E-state index contributed by atoms with van der Waals surface area (Å²) in [5.74, 6) is 0.635. The summed E-state index contributed by atoms with van der Waals surface area (Å²) in [6.07, 6.45) is 6.43. The van der Waals surface area contributed by atoms with E-state index in [9.17, 15) is 9.59 Å². The molecule has 194 valence electrons. The molecule has 1 aliphatic carbocycles. The first-order valence-corrected chi connectivity index (χ1v) is 12.8. The molecule has 8 nitrogen and oxygen atoms in total. The standard InChI is InChI=1S/C28H38N4O4/c1-19-15-32(16-21-10-12-29-13-11-21)20(2)18-36-25-9-8-23(30-27(33)22-6-5-7-22)14-24(25)28(34)31(3)17-26(19)35-4/h8-14,19-20,22,26H,5-7,15-18H2,1-4H3,(H,30,33)/t19-,20-,26+/m1/s1. The molecular formula is C28H38N4O4. The Morgan fingerprint density at radius 1 is 1.17 bits per heavy atom. The number of rotatable bonds is 5. The van der Waals surface area contributed by atoms with Crippen LogP contribution in [0, 0.1) is 11.8 Å². The van der Waals surface area contributed by atoms with E-state index in [1.807, 2.05) is 30.6 Å². The Balaban J connectivity index is 1.60. The number of amides is 2. The van der Waals surface area contributed by atoms with Crippen LogP contribution < -0.4 is 10.1 Å². The van der Waals surface area contributed by atoms with Crippen molar-refractivity contribution in [3.05, 3.63) is 53.9 Å². The molecule has 0 unspecified atom stereocenters. The van der Waals surface area contributed by atoms with Crippen LogP contribution in [0.15, 0.2) is 42.7 Å². The second kappa shape index (κ2) is 11.8. The molecule has 8 heteroatoms. The second-order valence-corrected chi connectivity index (χ2v) is 10.2. The minimum Gasteiger partial charge on any atom is -0.491 e. The second-order valence-electron chi connectivity index (χ2n) is 10.2. The number of benzene rings is 1. The van der Waals surface area contributed by atoms with Crippen molar-refractivity contribution < 1.29 is 19.1 Å². The fourth-order valence-corrected chi connectivity index (χ4v) is 4.79. The largest absolute Gasteiger partial charge is 0.491 e. The molecular weight excluding hydrogens is 456 g/mol. The number of hydrogen-bond donors (Lipinski definition) is 1. The molecule has 0 spiro atoms. The minimum absolute atomic E-state index is 0.0183. The normalized spacial score (nSPS) is 24.1. The number of nitrogens with zero attached hydrogens (tertiary/aromatic N) is 3. The van der Waals surface area contributed by atoms with E-state index >= 15 is 0 Å². The summed E-state index contributed by atoms with van der Waals surface area (Å²) in [5, 5.41) is 2.98. The lowest BCUT2D eigenvalue weighted by Gasteiger charge is -2.36. The molecule has 1 aromatic carbocycles.